The normalized spacial score (nSPS) is 25.9. The van der Waals surface area contributed by atoms with Crippen molar-refractivity contribution in [1.29, 1.82) is 0 Å². The molecule has 0 aromatic rings. The topological polar surface area (TPSA) is 42.5 Å². The SMILES string of the molecule is Br.Br.C(CNCC1CCCO1)CNCC1CCCO1. The van der Waals surface area contributed by atoms with Gasteiger partial charge >= 0.3 is 0 Å². The third-order valence-corrected chi connectivity index (χ3v) is 3.50. The van der Waals surface area contributed by atoms with Crippen molar-refractivity contribution in [2.75, 3.05) is 39.4 Å². The van der Waals surface area contributed by atoms with Gasteiger partial charge in [-0.15, -0.1) is 34.0 Å². The lowest BCUT2D eigenvalue weighted by atomic mass is 10.2. The van der Waals surface area contributed by atoms with Crippen LogP contribution in [0.25, 0.3) is 0 Å². The molecule has 2 atom stereocenters. The van der Waals surface area contributed by atoms with E-state index in [9.17, 15) is 0 Å². The van der Waals surface area contributed by atoms with Crippen LogP contribution in [0.15, 0.2) is 0 Å². The molecule has 2 aliphatic rings. The van der Waals surface area contributed by atoms with E-state index in [1.807, 2.05) is 0 Å². The first-order valence-electron chi connectivity index (χ1n) is 7.10. The summed E-state index contributed by atoms with van der Waals surface area (Å²) in [4.78, 5) is 0. The van der Waals surface area contributed by atoms with Gasteiger partial charge in [-0.2, -0.15) is 0 Å². The Kier molecular flexibility index (Phi) is 13.1. The lowest BCUT2D eigenvalue weighted by Crippen LogP contribution is -2.31. The van der Waals surface area contributed by atoms with E-state index in [1.165, 1.54) is 32.1 Å². The Labute approximate surface area is 137 Å². The number of rotatable bonds is 8. The molecule has 0 aromatic heterocycles. The van der Waals surface area contributed by atoms with E-state index in [2.05, 4.69) is 10.6 Å². The van der Waals surface area contributed by atoms with Crippen molar-refractivity contribution in [2.45, 2.75) is 44.3 Å². The van der Waals surface area contributed by atoms with Crippen LogP contribution in [0.4, 0.5) is 0 Å². The van der Waals surface area contributed by atoms with Crippen LogP contribution < -0.4 is 10.6 Å². The second-order valence-electron chi connectivity index (χ2n) is 5.03. The molecule has 0 saturated carbocycles. The van der Waals surface area contributed by atoms with E-state index in [0.29, 0.717) is 12.2 Å². The van der Waals surface area contributed by atoms with E-state index in [0.717, 1.165) is 39.4 Å². The molecule has 0 radical (unpaired) electrons. The molecule has 0 amide bonds. The summed E-state index contributed by atoms with van der Waals surface area (Å²) >= 11 is 0. The van der Waals surface area contributed by atoms with Gasteiger partial charge in [0.15, 0.2) is 0 Å². The molecule has 2 N–H and O–H groups in total. The van der Waals surface area contributed by atoms with Gasteiger partial charge in [0, 0.05) is 26.3 Å². The van der Waals surface area contributed by atoms with Crippen LogP contribution in [0.3, 0.4) is 0 Å². The molecule has 0 aromatic carbocycles. The molecule has 2 fully saturated rings. The highest BCUT2D eigenvalue weighted by molar-refractivity contribution is 8.93. The predicted octanol–water partition coefficient (Wildman–Crippen LogP) is 2.07. The number of ether oxygens (including phenoxy) is 2. The van der Waals surface area contributed by atoms with E-state index in [4.69, 9.17) is 9.47 Å². The maximum Gasteiger partial charge on any atom is 0.0700 e. The minimum Gasteiger partial charge on any atom is -0.377 e. The molecular weight excluding hydrogens is 376 g/mol. The Hall–Kier alpha value is 0.800. The van der Waals surface area contributed by atoms with E-state index in [-0.39, 0.29) is 34.0 Å². The summed E-state index contributed by atoms with van der Waals surface area (Å²) in [5.41, 5.74) is 0. The summed E-state index contributed by atoms with van der Waals surface area (Å²) in [7, 11) is 0. The number of hydrogen-bond acceptors (Lipinski definition) is 4. The van der Waals surface area contributed by atoms with Gasteiger partial charge in [0.2, 0.25) is 0 Å². The second kappa shape index (κ2) is 12.5. The van der Waals surface area contributed by atoms with Crippen molar-refractivity contribution in [2.24, 2.45) is 0 Å². The van der Waals surface area contributed by atoms with Gasteiger partial charge in [-0.05, 0) is 45.2 Å². The van der Waals surface area contributed by atoms with Crippen molar-refractivity contribution in [3.63, 3.8) is 0 Å². The summed E-state index contributed by atoms with van der Waals surface area (Å²) in [6, 6.07) is 0. The highest BCUT2D eigenvalue weighted by Gasteiger charge is 2.15. The summed E-state index contributed by atoms with van der Waals surface area (Å²) in [6.45, 7) is 6.11. The van der Waals surface area contributed by atoms with Crippen LogP contribution in [0.2, 0.25) is 0 Å². The maximum atomic E-state index is 5.55. The zero-order chi connectivity index (χ0) is 11.8. The smallest absolute Gasteiger partial charge is 0.0700 e. The molecule has 2 heterocycles. The van der Waals surface area contributed by atoms with Crippen molar-refractivity contribution in [3.8, 4) is 0 Å². The molecule has 0 spiro atoms. The predicted molar refractivity (Wildman–Crippen MR) is 88.9 cm³/mol. The van der Waals surface area contributed by atoms with Gasteiger partial charge in [-0.1, -0.05) is 0 Å². The quantitative estimate of drug-likeness (QED) is 0.609. The molecular formula is C13H28Br2N2O2. The van der Waals surface area contributed by atoms with Crippen LogP contribution in [0.5, 0.6) is 0 Å². The fourth-order valence-corrected chi connectivity index (χ4v) is 2.48. The van der Waals surface area contributed by atoms with E-state index < -0.39 is 0 Å². The number of halogens is 2. The molecule has 2 aliphatic heterocycles. The second-order valence-corrected chi connectivity index (χ2v) is 5.03. The van der Waals surface area contributed by atoms with E-state index in [1.54, 1.807) is 0 Å². The molecule has 2 unspecified atom stereocenters. The Morgan fingerprint density at radius 1 is 0.789 bits per heavy atom. The molecule has 2 rings (SSSR count). The maximum absolute atomic E-state index is 5.55. The zero-order valence-electron chi connectivity index (χ0n) is 11.6. The Balaban J connectivity index is 0.00000162. The van der Waals surface area contributed by atoms with Crippen LogP contribution in [0.1, 0.15) is 32.1 Å². The standard InChI is InChI=1S/C13H26N2O2.2BrH/c1-4-12(16-8-1)10-14-6-3-7-15-11-13-5-2-9-17-13;;/h12-15H,1-11H2;2*1H. The molecule has 4 nitrogen and oxygen atoms in total. The van der Waals surface area contributed by atoms with Crippen molar-refractivity contribution in [1.82, 2.24) is 10.6 Å². The van der Waals surface area contributed by atoms with Gasteiger partial charge in [-0.3, -0.25) is 0 Å². The van der Waals surface area contributed by atoms with Gasteiger partial charge < -0.3 is 20.1 Å². The summed E-state index contributed by atoms with van der Waals surface area (Å²) in [5.74, 6) is 0. The monoisotopic (exact) mass is 402 g/mol. The van der Waals surface area contributed by atoms with Crippen molar-refractivity contribution < 1.29 is 9.47 Å². The Bertz CT molecular complexity index is 179. The lowest BCUT2D eigenvalue weighted by molar-refractivity contribution is 0.109. The third kappa shape index (κ3) is 8.63. The average molecular weight is 404 g/mol. The summed E-state index contributed by atoms with van der Waals surface area (Å²) < 4.78 is 11.1. The number of nitrogens with one attached hydrogen (secondary N) is 2. The first-order chi connectivity index (χ1) is 8.45. The van der Waals surface area contributed by atoms with Crippen LogP contribution in [0, 0.1) is 0 Å². The van der Waals surface area contributed by atoms with E-state index >= 15 is 0 Å². The molecule has 2 saturated heterocycles. The highest BCUT2D eigenvalue weighted by atomic mass is 79.9. The first kappa shape index (κ1) is 19.8. The first-order valence-corrected chi connectivity index (χ1v) is 7.10. The van der Waals surface area contributed by atoms with Crippen LogP contribution in [-0.2, 0) is 9.47 Å². The zero-order valence-corrected chi connectivity index (χ0v) is 15.0. The van der Waals surface area contributed by atoms with Crippen molar-refractivity contribution >= 4 is 34.0 Å². The molecule has 0 bridgehead atoms. The van der Waals surface area contributed by atoms with Crippen LogP contribution >= 0.6 is 34.0 Å². The number of hydrogen-bond donors (Lipinski definition) is 2. The third-order valence-electron chi connectivity index (χ3n) is 3.50. The highest BCUT2D eigenvalue weighted by Crippen LogP contribution is 2.11. The minimum atomic E-state index is 0. The minimum absolute atomic E-state index is 0. The molecule has 116 valence electrons. The molecule has 0 aliphatic carbocycles. The van der Waals surface area contributed by atoms with Gasteiger partial charge in [0.25, 0.3) is 0 Å². The van der Waals surface area contributed by atoms with Gasteiger partial charge in [-0.25, -0.2) is 0 Å². The Morgan fingerprint density at radius 2 is 1.26 bits per heavy atom. The van der Waals surface area contributed by atoms with Gasteiger partial charge in [0.05, 0.1) is 12.2 Å². The fourth-order valence-electron chi connectivity index (χ4n) is 2.48. The lowest BCUT2D eigenvalue weighted by Gasteiger charge is -2.12. The molecule has 6 heteroatoms. The average Bonchev–Trinajstić information content (AvgIpc) is 3.00. The fraction of sp³-hybridized carbons (Fsp3) is 1.00. The van der Waals surface area contributed by atoms with Gasteiger partial charge in [0.1, 0.15) is 0 Å². The van der Waals surface area contributed by atoms with Crippen LogP contribution in [-0.4, -0.2) is 51.6 Å². The molecule has 19 heavy (non-hydrogen) atoms. The van der Waals surface area contributed by atoms with Crippen molar-refractivity contribution in [3.05, 3.63) is 0 Å². The Morgan fingerprint density at radius 3 is 1.63 bits per heavy atom. The largest absolute Gasteiger partial charge is 0.377 e. The summed E-state index contributed by atoms with van der Waals surface area (Å²) in [5, 5.41) is 6.92. The summed E-state index contributed by atoms with van der Waals surface area (Å²) in [6.07, 6.45) is 7.03.